The molecule has 5 rings (SSSR count). The van der Waals surface area contributed by atoms with Crippen molar-refractivity contribution >= 4 is 50.1 Å². The van der Waals surface area contributed by atoms with Gasteiger partial charge in [-0.05, 0) is 46.3 Å². The summed E-state index contributed by atoms with van der Waals surface area (Å²) in [6, 6.07) is 8.05. The van der Waals surface area contributed by atoms with E-state index >= 15 is 0 Å². The molecule has 0 N–H and O–H groups in total. The largest absolute Gasteiger partial charge is 0.330 e. The lowest BCUT2D eigenvalue weighted by molar-refractivity contribution is -0.133. The maximum absolute atomic E-state index is 13.1. The second-order valence-electron chi connectivity index (χ2n) is 6.69. The minimum absolute atomic E-state index is 0.0169. The zero-order chi connectivity index (χ0) is 19.1. The van der Waals surface area contributed by atoms with Crippen molar-refractivity contribution in [3.05, 3.63) is 72.4 Å². The van der Waals surface area contributed by atoms with E-state index in [1.165, 1.54) is 26.7 Å². The molecular weight excluding hydrogens is 410 g/mol. The molecule has 0 fully saturated rings. The van der Waals surface area contributed by atoms with Crippen LogP contribution in [-0.2, 0) is 17.8 Å². The Kier molecular flexibility index (Phi) is 4.62. The van der Waals surface area contributed by atoms with Gasteiger partial charge in [0, 0.05) is 29.3 Å². The molecule has 0 aliphatic carbocycles. The van der Waals surface area contributed by atoms with Gasteiger partial charge in [-0.15, -0.1) is 34.0 Å². The highest BCUT2D eigenvalue weighted by molar-refractivity contribution is 7.16. The smallest absolute Gasteiger partial charge is 0.262 e. The maximum Gasteiger partial charge on any atom is 0.262 e. The number of hydrogen-bond donors (Lipinski definition) is 0. The highest BCUT2D eigenvalue weighted by atomic mass is 32.1. The molecule has 0 spiro atoms. The second kappa shape index (κ2) is 7.27. The van der Waals surface area contributed by atoms with E-state index < -0.39 is 0 Å². The number of fused-ring (bicyclic) bond motifs is 2. The number of carbonyl (C=O) groups excluding carboxylic acids is 1. The van der Waals surface area contributed by atoms with Crippen LogP contribution in [0.15, 0.2) is 51.5 Å². The van der Waals surface area contributed by atoms with E-state index in [1.807, 2.05) is 16.3 Å². The molecule has 0 unspecified atom stereocenters. The summed E-state index contributed by atoms with van der Waals surface area (Å²) < 4.78 is 1.55. The summed E-state index contributed by atoms with van der Waals surface area (Å²) in [4.78, 5) is 35.3. The fourth-order valence-corrected chi connectivity index (χ4v) is 6.23. The Balaban J connectivity index is 1.39. The van der Waals surface area contributed by atoms with Gasteiger partial charge < -0.3 is 4.90 Å². The lowest BCUT2D eigenvalue weighted by atomic mass is 9.98. The minimum Gasteiger partial charge on any atom is -0.330 e. The predicted molar refractivity (Wildman–Crippen MR) is 114 cm³/mol. The first-order chi connectivity index (χ1) is 13.7. The summed E-state index contributed by atoms with van der Waals surface area (Å²) in [5, 5.41) is 6.66. The molecule has 1 aliphatic rings. The zero-order valence-electron chi connectivity index (χ0n) is 14.9. The van der Waals surface area contributed by atoms with Crippen LogP contribution in [0, 0.1) is 0 Å². The van der Waals surface area contributed by atoms with E-state index in [1.54, 1.807) is 39.6 Å². The maximum atomic E-state index is 13.1. The van der Waals surface area contributed by atoms with E-state index in [0.29, 0.717) is 24.9 Å². The van der Waals surface area contributed by atoms with Crippen LogP contribution in [0.2, 0.25) is 0 Å². The average molecular weight is 428 g/mol. The second-order valence-corrected chi connectivity index (χ2v) is 9.56. The Hall–Kier alpha value is -2.29. The molecule has 142 valence electrons. The van der Waals surface area contributed by atoms with Gasteiger partial charge in [-0.2, -0.15) is 0 Å². The standard InChI is InChI=1S/C20H17N3O2S3/c24-17(4-7-22-12-21-19-14(20(22)25)6-11-28-19)23-8-3-15-13(5-10-27-15)18(23)16-2-1-9-26-16/h1-2,5-6,9-12,18H,3-4,7-8H2/t18-/m1/s1. The Labute approximate surface area is 173 Å². The Morgan fingerprint density at radius 1 is 1.14 bits per heavy atom. The molecule has 5 nitrogen and oxygen atoms in total. The fourth-order valence-electron chi connectivity index (χ4n) is 3.75. The summed E-state index contributed by atoms with van der Waals surface area (Å²) >= 11 is 4.90. The van der Waals surface area contributed by atoms with Crippen molar-refractivity contribution in [2.75, 3.05) is 6.54 Å². The third kappa shape index (κ3) is 3.01. The number of thiophene rings is 3. The predicted octanol–water partition coefficient (Wildman–Crippen LogP) is 4.15. The summed E-state index contributed by atoms with van der Waals surface area (Å²) in [5.74, 6) is 0.0764. The van der Waals surface area contributed by atoms with Crippen LogP contribution in [0.3, 0.4) is 0 Å². The quantitative estimate of drug-likeness (QED) is 0.492. The minimum atomic E-state index is -0.0763. The van der Waals surface area contributed by atoms with Crippen molar-refractivity contribution in [1.82, 2.24) is 14.5 Å². The van der Waals surface area contributed by atoms with E-state index in [0.717, 1.165) is 11.3 Å². The molecule has 1 aliphatic heterocycles. The highest BCUT2D eigenvalue weighted by Gasteiger charge is 2.33. The topological polar surface area (TPSA) is 55.2 Å². The number of nitrogens with zero attached hydrogens (tertiary/aromatic N) is 3. The Bertz CT molecular complexity index is 1190. The van der Waals surface area contributed by atoms with Crippen LogP contribution in [0.1, 0.15) is 27.8 Å². The van der Waals surface area contributed by atoms with E-state index in [-0.39, 0.29) is 17.5 Å². The summed E-state index contributed by atoms with van der Waals surface area (Å²) in [5.41, 5.74) is 1.16. The van der Waals surface area contributed by atoms with Gasteiger partial charge in [0.2, 0.25) is 5.91 Å². The van der Waals surface area contributed by atoms with Crippen molar-refractivity contribution in [2.45, 2.75) is 25.4 Å². The Morgan fingerprint density at radius 2 is 2.04 bits per heavy atom. The molecule has 8 heteroatoms. The molecule has 0 bridgehead atoms. The summed E-state index contributed by atoms with van der Waals surface area (Å²) in [6.07, 6.45) is 2.74. The third-order valence-electron chi connectivity index (χ3n) is 5.12. The number of amides is 1. The van der Waals surface area contributed by atoms with Crippen molar-refractivity contribution < 1.29 is 4.79 Å². The van der Waals surface area contributed by atoms with Gasteiger partial charge in [-0.3, -0.25) is 14.2 Å². The average Bonchev–Trinajstić information content (AvgIpc) is 3.47. The normalized spacial score (nSPS) is 16.4. The number of hydrogen-bond acceptors (Lipinski definition) is 6. The van der Waals surface area contributed by atoms with E-state index in [9.17, 15) is 9.59 Å². The fraction of sp³-hybridized carbons (Fsp3) is 0.250. The van der Waals surface area contributed by atoms with Crippen molar-refractivity contribution in [1.29, 1.82) is 0 Å². The molecule has 1 amide bonds. The van der Waals surface area contributed by atoms with Crippen LogP contribution in [0.5, 0.6) is 0 Å². The Morgan fingerprint density at radius 3 is 2.89 bits per heavy atom. The lowest BCUT2D eigenvalue weighted by Gasteiger charge is -2.35. The molecule has 0 saturated heterocycles. The summed E-state index contributed by atoms with van der Waals surface area (Å²) in [6.45, 7) is 1.06. The lowest BCUT2D eigenvalue weighted by Crippen LogP contribution is -2.40. The number of carbonyl (C=O) groups is 1. The highest BCUT2D eigenvalue weighted by Crippen LogP contribution is 2.39. The van der Waals surface area contributed by atoms with Gasteiger partial charge in [0.15, 0.2) is 0 Å². The molecule has 4 aromatic rings. The third-order valence-corrected chi connectivity index (χ3v) is 7.86. The van der Waals surface area contributed by atoms with Crippen LogP contribution >= 0.6 is 34.0 Å². The molecule has 0 aromatic carbocycles. The van der Waals surface area contributed by atoms with Crippen molar-refractivity contribution in [3.63, 3.8) is 0 Å². The zero-order valence-corrected chi connectivity index (χ0v) is 17.4. The molecule has 5 heterocycles. The molecular formula is C20H17N3O2S3. The molecule has 1 atom stereocenters. The van der Waals surface area contributed by atoms with Crippen LogP contribution in [-0.4, -0.2) is 26.9 Å². The monoisotopic (exact) mass is 427 g/mol. The molecule has 4 aromatic heterocycles. The van der Waals surface area contributed by atoms with Crippen LogP contribution in [0.25, 0.3) is 10.2 Å². The van der Waals surface area contributed by atoms with Gasteiger partial charge in [-0.25, -0.2) is 4.98 Å². The van der Waals surface area contributed by atoms with Crippen molar-refractivity contribution in [2.24, 2.45) is 0 Å². The van der Waals surface area contributed by atoms with Gasteiger partial charge >= 0.3 is 0 Å². The van der Waals surface area contributed by atoms with Gasteiger partial charge in [0.1, 0.15) is 4.83 Å². The van der Waals surface area contributed by atoms with Gasteiger partial charge in [0.05, 0.1) is 17.8 Å². The summed E-state index contributed by atoms with van der Waals surface area (Å²) in [7, 11) is 0. The molecule has 28 heavy (non-hydrogen) atoms. The van der Waals surface area contributed by atoms with E-state index in [4.69, 9.17) is 0 Å². The van der Waals surface area contributed by atoms with Crippen molar-refractivity contribution in [3.8, 4) is 0 Å². The SMILES string of the molecule is O=C(CCn1cnc2sccc2c1=O)N1CCc2sccc2[C@@H]1c1cccs1. The number of aryl methyl sites for hydroxylation is 1. The number of aromatic nitrogens is 2. The first-order valence-electron chi connectivity index (χ1n) is 9.04. The first kappa shape index (κ1) is 17.8. The van der Waals surface area contributed by atoms with Crippen LogP contribution < -0.4 is 5.56 Å². The van der Waals surface area contributed by atoms with Crippen LogP contribution in [0.4, 0.5) is 0 Å². The van der Waals surface area contributed by atoms with E-state index in [2.05, 4.69) is 27.9 Å². The molecule has 0 saturated carbocycles. The first-order valence-corrected chi connectivity index (χ1v) is 11.7. The van der Waals surface area contributed by atoms with Gasteiger partial charge in [0.25, 0.3) is 5.56 Å². The number of rotatable bonds is 4. The van der Waals surface area contributed by atoms with Gasteiger partial charge in [-0.1, -0.05) is 6.07 Å². The molecule has 0 radical (unpaired) electrons.